The van der Waals surface area contributed by atoms with Gasteiger partial charge in [0.1, 0.15) is 0 Å². The highest BCUT2D eigenvalue weighted by Crippen LogP contribution is 2.25. The van der Waals surface area contributed by atoms with Gasteiger partial charge in [0, 0.05) is 32.5 Å². The number of para-hydroxylation sites is 1. The molecule has 0 radical (unpaired) electrons. The fourth-order valence-corrected chi connectivity index (χ4v) is 3.62. The van der Waals surface area contributed by atoms with Crippen LogP contribution in [0.3, 0.4) is 0 Å². The van der Waals surface area contributed by atoms with Gasteiger partial charge in [0.05, 0.1) is 17.2 Å². The Morgan fingerprint density at radius 2 is 2.14 bits per heavy atom. The molecule has 0 aliphatic carbocycles. The minimum Gasteiger partial charge on any atom is -0.383 e. The van der Waals surface area contributed by atoms with Gasteiger partial charge in [-0.2, -0.15) is 0 Å². The zero-order valence-electron chi connectivity index (χ0n) is 12.7. The lowest BCUT2D eigenvalue weighted by molar-refractivity contribution is 0.204. The molecule has 1 atom stereocenters. The molecule has 1 unspecified atom stereocenters. The predicted molar refractivity (Wildman–Crippen MR) is 84.7 cm³/mol. The van der Waals surface area contributed by atoms with Crippen molar-refractivity contribution in [1.82, 2.24) is 5.32 Å². The highest BCUT2D eigenvalue weighted by molar-refractivity contribution is 7.90. The number of benzene rings is 1. The standard InChI is InChI=1S/C15H24N2O3S/c1-20-11-10-17(12-13-6-5-9-16-13)14-7-3-4-8-15(14)21(2,18)19/h3-4,7-8,13,16H,5-6,9-12H2,1-2H3. The molecule has 1 aromatic carbocycles. The molecule has 1 N–H and O–H groups in total. The Bertz CT molecular complexity index is 554. The molecule has 1 saturated heterocycles. The van der Waals surface area contributed by atoms with Gasteiger partial charge >= 0.3 is 0 Å². The van der Waals surface area contributed by atoms with Crippen LogP contribution in [-0.2, 0) is 14.6 Å². The smallest absolute Gasteiger partial charge is 0.177 e. The van der Waals surface area contributed by atoms with Crippen LogP contribution >= 0.6 is 0 Å². The maximum Gasteiger partial charge on any atom is 0.177 e. The highest BCUT2D eigenvalue weighted by atomic mass is 32.2. The van der Waals surface area contributed by atoms with Crippen LogP contribution in [0.5, 0.6) is 0 Å². The number of rotatable bonds is 7. The third-order valence-electron chi connectivity index (χ3n) is 3.77. The van der Waals surface area contributed by atoms with Crippen molar-refractivity contribution in [3.05, 3.63) is 24.3 Å². The highest BCUT2D eigenvalue weighted by Gasteiger charge is 2.22. The molecule has 0 spiro atoms. The second-order valence-corrected chi connectivity index (χ2v) is 7.46. The van der Waals surface area contributed by atoms with Gasteiger partial charge in [-0.3, -0.25) is 0 Å². The zero-order valence-corrected chi connectivity index (χ0v) is 13.5. The summed E-state index contributed by atoms with van der Waals surface area (Å²) in [5.74, 6) is 0. The molecular formula is C15H24N2O3S. The van der Waals surface area contributed by atoms with Gasteiger partial charge in [-0.1, -0.05) is 12.1 Å². The average molecular weight is 312 g/mol. The maximum atomic E-state index is 12.0. The van der Waals surface area contributed by atoms with Gasteiger partial charge < -0.3 is 15.0 Å². The predicted octanol–water partition coefficient (Wildman–Crippen LogP) is 1.29. The molecule has 6 heteroatoms. The molecule has 1 aromatic rings. The summed E-state index contributed by atoms with van der Waals surface area (Å²) in [6.45, 7) is 3.10. The second-order valence-electron chi connectivity index (χ2n) is 5.47. The van der Waals surface area contributed by atoms with Crippen molar-refractivity contribution < 1.29 is 13.2 Å². The summed E-state index contributed by atoms with van der Waals surface area (Å²) in [6.07, 6.45) is 3.56. The number of nitrogens with one attached hydrogen (secondary N) is 1. The summed E-state index contributed by atoms with van der Waals surface area (Å²) >= 11 is 0. The van der Waals surface area contributed by atoms with E-state index in [-0.39, 0.29) is 0 Å². The number of nitrogens with zero attached hydrogens (tertiary/aromatic N) is 1. The monoisotopic (exact) mass is 312 g/mol. The normalized spacial score (nSPS) is 18.9. The first-order chi connectivity index (χ1) is 10.0. The van der Waals surface area contributed by atoms with Crippen LogP contribution in [0.1, 0.15) is 12.8 Å². The molecule has 1 fully saturated rings. The molecular weight excluding hydrogens is 288 g/mol. The lowest BCUT2D eigenvalue weighted by Crippen LogP contribution is -2.39. The van der Waals surface area contributed by atoms with Gasteiger partial charge in [-0.25, -0.2) is 8.42 Å². The summed E-state index contributed by atoms with van der Waals surface area (Å²) in [5, 5.41) is 3.46. The third-order valence-corrected chi connectivity index (χ3v) is 4.92. The van der Waals surface area contributed by atoms with E-state index in [1.807, 2.05) is 12.1 Å². The summed E-state index contributed by atoms with van der Waals surface area (Å²) in [7, 11) is -1.58. The van der Waals surface area contributed by atoms with Crippen molar-refractivity contribution in [2.45, 2.75) is 23.8 Å². The van der Waals surface area contributed by atoms with E-state index in [1.54, 1.807) is 19.2 Å². The molecule has 0 saturated carbocycles. The van der Waals surface area contributed by atoms with E-state index in [9.17, 15) is 8.42 Å². The Balaban J connectivity index is 2.27. The van der Waals surface area contributed by atoms with Crippen molar-refractivity contribution in [2.24, 2.45) is 0 Å². The molecule has 1 aliphatic rings. The summed E-state index contributed by atoms with van der Waals surface area (Å²) in [5.41, 5.74) is 0.769. The molecule has 0 aromatic heterocycles. The van der Waals surface area contributed by atoms with Crippen LogP contribution in [0.4, 0.5) is 5.69 Å². The maximum absolute atomic E-state index is 12.0. The van der Waals surface area contributed by atoms with Crippen molar-refractivity contribution >= 4 is 15.5 Å². The topological polar surface area (TPSA) is 58.6 Å². The number of anilines is 1. The summed E-state index contributed by atoms with van der Waals surface area (Å²) in [4.78, 5) is 2.50. The first-order valence-electron chi connectivity index (χ1n) is 7.28. The fraction of sp³-hybridized carbons (Fsp3) is 0.600. The fourth-order valence-electron chi connectivity index (χ4n) is 2.72. The van der Waals surface area contributed by atoms with E-state index < -0.39 is 9.84 Å². The van der Waals surface area contributed by atoms with E-state index in [4.69, 9.17) is 4.74 Å². The quantitative estimate of drug-likeness (QED) is 0.822. The van der Waals surface area contributed by atoms with Gasteiger partial charge in [0.2, 0.25) is 0 Å². The zero-order chi connectivity index (χ0) is 15.3. The minimum absolute atomic E-state index is 0.388. The van der Waals surface area contributed by atoms with Gasteiger partial charge in [0.25, 0.3) is 0 Å². The number of methoxy groups -OCH3 is 1. The second kappa shape index (κ2) is 7.24. The third kappa shape index (κ3) is 4.43. The summed E-state index contributed by atoms with van der Waals surface area (Å²) < 4.78 is 29.2. The van der Waals surface area contributed by atoms with E-state index in [0.29, 0.717) is 24.1 Å². The molecule has 2 rings (SSSR count). The van der Waals surface area contributed by atoms with Gasteiger partial charge in [-0.05, 0) is 31.5 Å². The Morgan fingerprint density at radius 1 is 1.38 bits per heavy atom. The summed E-state index contributed by atoms with van der Waals surface area (Å²) in [6, 6.07) is 7.61. The van der Waals surface area contributed by atoms with Crippen LogP contribution in [0.25, 0.3) is 0 Å². The molecule has 0 amide bonds. The molecule has 21 heavy (non-hydrogen) atoms. The van der Waals surface area contributed by atoms with E-state index in [0.717, 1.165) is 25.2 Å². The lowest BCUT2D eigenvalue weighted by Gasteiger charge is -2.29. The number of hydrogen-bond acceptors (Lipinski definition) is 5. The molecule has 1 heterocycles. The number of ether oxygens (including phenoxy) is 1. The number of hydrogen-bond donors (Lipinski definition) is 1. The van der Waals surface area contributed by atoms with Crippen molar-refractivity contribution in [2.75, 3.05) is 44.5 Å². The molecule has 5 nitrogen and oxygen atoms in total. The van der Waals surface area contributed by atoms with Gasteiger partial charge in [0.15, 0.2) is 9.84 Å². The van der Waals surface area contributed by atoms with Crippen molar-refractivity contribution in [3.8, 4) is 0 Å². The van der Waals surface area contributed by atoms with Crippen molar-refractivity contribution in [1.29, 1.82) is 0 Å². The van der Waals surface area contributed by atoms with Crippen LogP contribution in [0.2, 0.25) is 0 Å². The van der Waals surface area contributed by atoms with E-state index in [2.05, 4.69) is 10.2 Å². The molecule has 1 aliphatic heterocycles. The Labute approximate surface area is 127 Å². The first kappa shape index (κ1) is 16.3. The Morgan fingerprint density at radius 3 is 2.76 bits per heavy atom. The van der Waals surface area contributed by atoms with Crippen molar-refractivity contribution in [3.63, 3.8) is 0 Å². The molecule has 0 bridgehead atoms. The van der Waals surface area contributed by atoms with E-state index >= 15 is 0 Å². The van der Waals surface area contributed by atoms with Gasteiger partial charge in [-0.15, -0.1) is 0 Å². The Hall–Kier alpha value is -1.11. The lowest BCUT2D eigenvalue weighted by atomic mass is 10.2. The van der Waals surface area contributed by atoms with Crippen LogP contribution in [0.15, 0.2) is 29.2 Å². The molecule has 118 valence electrons. The van der Waals surface area contributed by atoms with Crippen LogP contribution in [-0.4, -0.2) is 54.1 Å². The minimum atomic E-state index is -3.24. The van der Waals surface area contributed by atoms with E-state index in [1.165, 1.54) is 12.7 Å². The first-order valence-corrected chi connectivity index (χ1v) is 9.18. The van der Waals surface area contributed by atoms with Crippen LogP contribution in [0, 0.1) is 0 Å². The Kier molecular flexibility index (Phi) is 5.61. The largest absolute Gasteiger partial charge is 0.383 e. The average Bonchev–Trinajstić information content (AvgIpc) is 2.95. The number of sulfone groups is 1. The SMILES string of the molecule is COCCN(CC1CCCN1)c1ccccc1S(C)(=O)=O. The van der Waals surface area contributed by atoms with Crippen LogP contribution < -0.4 is 10.2 Å².